The summed E-state index contributed by atoms with van der Waals surface area (Å²) < 4.78 is 0. The molecule has 0 aliphatic carbocycles. The zero-order valence-corrected chi connectivity index (χ0v) is 9.83. The van der Waals surface area contributed by atoms with Crippen molar-refractivity contribution in [3.63, 3.8) is 0 Å². The fraction of sp³-hybridized carbons (Fsp3) is 0.364. The first-order valence-corrected chi connectivity index (χ1v) is 5.85. The quantitative estimate of drug-likeness (QED) is 0.405. The minimum absolute atomic E-state index is 0.0653. The molecule has 0 heterocycles. The normalized spacial score (nSPS) is 12.4. The average molecular weight is 241 g/mol. The van der Waals surface area contributed by atoms with E-state index in [4.69, 9.17) is 10.8 Å². The van der Waals surface area contributed by atoms with Crippen molar-refractivity contribution in [1.82, 2.24) is 0 Å². The SMILES string of the molecule is CC(=O)c1ccc(SCC(O)CO)cc1N. The van der Waals surface area contributed by atoms with Crippen molar-refractivity contribution in [2.24, 2.45) is 0 Å². The third-order valence-electron chi connectivity index (χ3n) is 2.06. The van der Waals surface area contributed by atoms with Crippen LogP contribution in [0.4, 0.5) is 5.69 Å². The molecule has 88 valence electrons. The van der Waals surface area contributed by atoms with Crippen LogP contribution in [0.25, 0.3) is 0 Å². The number of hydrogen-bond acceptors (Lipinski definition) is 5. The Kier molecular flexibility index (Phi) is 4.79. The van der Waals surface area contributed by atoms with Gasteiger partial charge in [0.15, 0.2) is 5.78 Å². The van der Waals surface area contributed by atoms with Gasteiger partial charge in [0.25, 0.3) is 0 Å². The number of aliphatic hydroxyl groups is 2. The third-order valence-corrected chi connectivity index (χ3v) is 3.19. The second kappa shape index (κ2) is 5.89. The molecule has 4 nitrogen and oxygen atoms in total. The molecule has 0 saturated heterocycles. The average Bonchev–Trinajstić information content (AvgIpc) is 2.25. The van der Waals surface area contributed by atoms with E-state index in [1.807, 2.05) is 0 Å². The molecule has 0 aliphatic heterocycles. The van der Waals surface area contributed by atoms with Gasteiger partial charge in [0.2, 0.25) is 0 Å². The smallest absolute Gasteiger partial charge is 0.161 e. The lowest BCUT2D eigenvalue weighted by molar-refractivity contribution is 0.101. The second-order valence-electron chi connectivity index (χ2n) is 3.45. The second-order valence-corrected chi connectivity index (χ2v) is 4.55. The first-order chi connectivity index (χ1) is 7.54. The van der Waals surface area contributed by atoms with Crippen LogP contribution in [-0.4, -0.2) is 34.5 Å². The van der Waals surface area contributed by atoms with Gasteiger partial charge in [-0.3, -0.25) is 4.79 Å². The van der Waals surface area contributed by atoms with E-state index in [1.165, 1.54) is 18.7 Å². The molecule has 1 unspecified atom stereocenters. The number of hydrogen-bond donors (Lipinski definition) is 3. The van der Waals surface area contributed by atoms with Gasteiger partial charge in [-0.25, -0.2) is 0 Å². The molecule has 0 saturated carbocycles. The molecule has 1 aromatic rings. The Morgan fingerprint density at radius 2 is 2.25 bits per heavy atom. The zero-order chi connectivity index (χ0) is 12.1. The molecule has 0 fully saturated rings. The van der Waals surface area contributed by atoms with Crippen molar-refractivity contribution in [1.29, 1.82) is 0 Å². The number of benzene rings is 1. The van der Waals surface area contributed by atoms with Gasteiger partial charge in [0, 0.05) is 21.9 Å². The monoisotopic (exact) mass is 241 g/mol. The summed E-state index contributed by atoms with van der Waals surface area (Å²) in [5.74, 6) is 0.333. The number of nitrogens with two attached hydrogens (primary N) is 1. The predicted octanol–water partition coefficient (Wildman–Crippen LogP) is 0.917. The van der Waals surface area contributed by atoms with Crippen molar-refractivity contribution in [2.75, 3.05) is 18.1 Å². The van der Waals surface area contributed by atoms with Crippen LogP contribution in [0.5, 0.6) is 0 Å². The molecule has 0 amide bonds. The first kappa shape index (κ1) is 13.0. The summed E-state index contributed by atoms with van der Waals surface area (Å²) in [7, 11) is 0. The number of thioether (sulfide) groups is 1. The van der Waals surface area contributed by atoms with Gasteiger partial charge in [-0.1, -0.05) is 0 Å². The Bertz CT molecular complexity index is 381. The highest BCUT2D eigenvalue weighted by molar-refractivity contribution is 7.99. The van der Waals surface area contributed by atoms with E-state index in [0.29, 0.717) is 17.0 Å². The van der Waals surface area contributed by atoms with E-state index in [-0.39, 0.29) is 12.4 Å². The molecule has 16 heavy (non-hydrogen) atoms. The Balaban J connectivity index is 2.70. The summed E-state index contributed by atoms with van der Waals surface area (Å²) in [6, 6.07) is 5.15. The summed E-state index contributed by atoms with van der Waals surface area (Å²) in [6.45, 7) is 1.21. The fourth-order valence-electron chi connectivity index (χ4n) is 1.20. The maximum atomic E-state index is 11.1. The Labute approximate surface area is 98.5 Å². The Hall–Kier alpha value is -1.04. The van der Waals surface area contributed by atoms with Crippen LogP contribution < -0.4 is 5.73 Å². The highest BCUT2D eigenvalue weighted by atomic mass is 32.2. The highest BCUT2D eigenvalue weighted by Gasteiger charge is 2.07. The van der Waals surface area contributed by atoms with Crippen LogP contribution in [0.1, 0.15) is 17.3 Å². The van der Waals surface area contributed by atoms with Gasteiger partial charge in [0.1, 0.15) is 0 Å². The van der Waals surface area contributed by atoms with Crippen molar-refractivity contribution in [3.8, 4) is 0 Å². The molecule has 0 spiro atoms. The molecule has 0 aromatic heterocycles. The number of anilines is 1. The van der Waals surface area contributed by atoms with Crippen molar-refractivity contribution < 1.29 is 15.0 Å². The summed E-state index contributed by atoms with van der Waals surface area (Å²) in [4.78, 5) is 12.0. The largest absolute Gasteiger partial charge is 0.398 e. The molecule has 1 aromatic carbocycles. The number of carbonyl (C=O) groups is 1. The molecule has 0 radical (unpaired) electrons. The van der Waals surface area contributed by atoms with Gasteiger partial charge in [-0.15, -0.1) is 11.8 Å². The number of aliphatic hydroxyl groups excluding tert-OH is 2. The van der Waals surface area contributed by atoms with Gasteiger partial charge >= 0.3 is 0 Å². The van der Waals surface area contributed by atoms with Crippen LogP contribution in [-0.2, 0) is 0 Å². The summed E-state index contributed by atoms with van der Waals surface area (Å²) in [5, 5.41) is 17.8. The van der Waals surface area contributed by atoms with Crippen LogP contribution in [0, 0.1) is 0 Å². The molecule has 4 N–H and O–H groups in total. The lowest BCUT2D eigenvalue weighted by atomic mass is 10.1. The standard InChI is InChI=1S/C11H15NO3S/c1-7(14)10-3-2-9(4-11(10)12)16-6-8(15)5-13/h2-4,8,13,15H,5-6,12H2,1H3. The molecule has 1 atom stereocenters. The van der Waals surface area contributed by atoms with E-state index in [2.05, 4.69) is 0 Å². The highest BCUT2D eigenvalue weighted by Crippen LogP contribution is 2.24. The summed E-state index contributed by atoms with van der Waals surface area (Å²) >= 11 is 1.39. The Morgan fingerprint density at radius 1 is 1.56 bits per heavy atom. The van der Waals surface area contributed by atoms with Crippen LogP contribution in [0.3, 0.4) is 0 Å². The van der Waals surface area contributed by atoms with E-state index in [9.17, 15) is 9.90 Å². The lowest BCUT2D eigenvalue weighted by Crippen LogP contribution is -2.14. The van der Waals surface area contributed by atoms with E-state index < -0.39 is 6.10 Å². The fourth-order valence-corrected chi connectivity index (χ4v) is 2.06. The molecule has 1 rings (SSSR count). The molecular formula is C11H15NO3S. The number of ketones is 1. The van der Waals surface area contributed by atoms with Crippen LogP contribution in [0.15, 0.2) is 23.1 Å². The van der Waals surface area contributed by atoms with Gasteiger partial charge in [0.05, 0.1) is 12.7 Å². The number of rotatable bonds is 5. The zero-order valence-electron chi connectivity index (χ0n) is 9.01. The molecule has 0 bridgehead atoms. The number of nitrogen functional groups attached to an aromatic ring is 1. The topological polar surface area (TPSA) is 83.5 Å². The van der Waals surface area contributed by atoms with Gasteiger partial charge < -0.3 is 15.9 Å². The Morgan fingerprint density at radius 3 is 2.75 bits per heavy atom. The molecular weight excluding hydrogens is 226 g/mol. The first-order valence-electron chi connectivity index (χ1n) is 4.86. The van der Waals surface area contributed by atoms with Crippen molar-refractivity contribution >= 4 is 23.2 Å². The maximum absolute atomic E-state index is 11.1. The predicted molar refractivity (Wildman–Crippen MR) is 64.7 cm³/mol. The van der Waals surface area contributed by atoms with Crippen molar-refractivity contribution in [2.45, 2.75) is 17.9 Å². The van der Waals surface area contributed by atoms with Crippen molar-refractivity contribution in [3.05, 3.63) is 23.8 Å². The van der Waals surface area contributed by atoms with E-state index in [1.54, 1.807) is 18.2 Å². The molecule has 0 aliphatic rings. The van der Waals surface area contributed by atoms with E-state index in [0.717, 1.165) is 4.90 Å². The van der Waals surface area contributed by atoms with E-state index >= 15 is 0 Å². The minimum Gasteiger partial charge on any atom is -0.398 e. The third kappa shape index (κ3) is 3.52. The van der Waals surface area contributed by atoms with Crippen LogP contribution >= 0.6 is 11.8 Å². The van der Waals surface area contributed by atoms with Gasteiger partial charge in [-0.2, -0.15) is 0 Å². The summed E-state index contributed by atoms with van der Waals surface area (Å²) in [6.07, 6.45) is -0.737. The lowest BCUT2D eigenvalue weighted by Gasteiger charge is -2.08. The van der Waals surface area contributed by atoms with Gasteiger partial charge in [-0.05, 0) is 25.1 Å². The van der Waals surface area contributed by atoms with Crippen LogP contribution in [0.2, 0.25) is 0 Å². The summed E-state index contributed by atoms with van der Waals surface area (Å²) in [5.41, 5.74) is 6.66. The number of carbonyl (C=O) groups excluding carboxylic acids is 1. The minimum atomic E-state index is -0.737. The molecule has 5 heteroatoms. The number of Topliss-reactive ketones (excluding diaryl/α,β-unsaturated/α-hetero) is 1. The maximum Gasteiger partial charge on any atom is 0.161 e.